The van der Waals surface area contributed by atoms with Crippen molar-refractivity contribution in [1.82, 2.24) is 9.78 Å². The molecule has 2 rings (SSSR count). The zero-order chi connectivity index (χ0) is 14.8. The molecule has 2 aromatic rings. The van der Waals surface area contributed by atoms with Crippen LogP contribution in [0.15, 0.2) is 30.5 Å². The van der Waals surface area contributed by atoms with Crippen LogP contribution in [0.1, 0.15) is 44.5 Å². The van der Waals surface area contributed by atoms with Crippen molar-refractivity contribution in [3.63, 3.8) is 0 Å². The van der Waals surface area contributed by atoms with Gasteiger partial charge in [-0.25, -0.2) is 0 Å². The van der Waals surface area contributed by atoms with Gasteiger partial charge in [0.2, 0.25) is 0 Å². The second kappa shape index (κ2) is 5.70. The van der Waals surface area contributed by atoms with Crippen LogP contribution in [-0.2, 0) is 25.4 Å². The minimum atomic E-state index is 0.0738. The summed E-state index contributed by atoms with van der Waals surface area (Å²) in [6.07, 6.45) is 3.19. The van der Waals surface area contributed by atoms with Gasteiger partial charge in [0.05, 0.1) is 5.69 Å². The molecule has 0 spiro atoms. The predicted octanol–water partition coefficient (Wildman–Crippen LogP) is 3.89. The fourth-order valence-corrected chi connectivity index (χ4v) is 2.35. The molecule has 1 heterocycles. The molecule has 0 aliphatic carbocycles. The van der Waals surface area contributed by atoms with Crippen molar-refractivity contribution in [3.8, 4) is 0 Å². The van der Waals surface area contributed by atoms with Crippen LogP contribution in [0.2, 0.25) is 0 Å². The van der Waals surface area contributed by atoms with Crippen molar-refractivity contribution in [2.24, 2.45) is 7.05 Å². The minimum Gasteiger partial charge on any atom is -0.381 e. The molecule has 1 aromatic carbocycles. The van der Waals surface area contributed by atoms with E-state index in [1.165, 1.54) is 11.1 Å². The molecular formula is C17H25N3. The maximum absolute atomic E-state index is 4.60. The fourth-order valence-electron chi connectivity index (χ4n) is 2.35. The van der Waals surface area contributed by atoms with Crippen molar-refractivity contribution >= 4 is 5.69 Å². The topological polar surface area (TPSA) is 29.9 Å². The minimum absolute atomic E-state index is 0.0738. The molecule has 0 amide bonds. The quantitative estimate of drug-likeness (QED) is 0.914. The number of anilines is 1. The first kappa shape index (κ1) is 14.6. The van der Waals surface area contributed by atoms with Crippen molar-refractivity contribution in [2.75, 3.05) is 5.32 Å². The summed E-state index contributed by atoms with van der Waals surface area (Å²) in [5, 5.41) is 8.08. The third-order valence-electron chi connectivity index (χ3n) is 3.46. The highest BCUT2D eigenvalue weighted by Gasteiger charge is 2.21. The van der Waals surface area contributed by atoms with Gasteiger partial charge in [0.25, 0.3) is 0 Å². The number of nitrogens with one attached hydrogen (secondary N) is 1. The Hall–Kier alpha value is -1.77. The SMILES string of the molecule is CCc1ccc(NCc2cn(C)nc2C(C)(C)C)cc1. The van der Waals surface area contributed by atoms with Crippen molar-refractivity contribution in [1.29, 1.82) is 0 Å². The largest absolute Gasteiger partial charge is 0.381 e. The second-order valence-electron chi connectivity index (χ2n) is 6.33. The van der Waals surface area contributed by atoms with Crippen LogP contribution in [0.3, 0.4) is 0 Å². The lowest BCUT2D eigenvalue weighted by molar-refractivity contribution is 0.549. The standard InChI is InChI=1S/C17H25N3/c1-6-13-7-9-15(10-8-13)18-11-14-12-20(5)19-16(14)17(2,3)4/h7-10,12,18H,6,11H2,1-5H3. The monoisotopic (exact) mass is 271 g/mol. The Morgan fingerprint density at radius 2 is 1.80 bits per heavy atom. The summed E-state index contributed by atoms with van der Waals surface area (Å²) >= 11 is 0. The number of hydrogen-bond acceptors (Lipinski definition) is 2. The normalized spacial score (nSPS) is 11.7. The summed E-state index contributed by atoms with van der Waals surface area (Å²) in [6, 6.07) is 8.64. The predicted molar refractivity (Wildman–Crippen MR) is 85.1 cm³/mol. The van der Waals surface area contributed by atoms with Gasteiger partial charge in [-0.05, 0) is 24.1 Å². The van der Waals surface area contributed by atoms with Crippen LogP contribution in [0.4, 0.5) is 5.69 Å². The van der Waals surface area contributed by atoms with E-state index in [0.29, 0.717) is 0 Å². The lowest BCUT2D eigenvalue weighted by Gasteiger charge is -2.18. The van der Waals surface area contributed by atoms with Gasteiger partial charge in [0, 0.05) is 36.5 Å². The molecule has 0 saturated heterocycles. The van der Waals surface area contributed by atoms with Crippen LogP contribution in [-0.4, -0.2) is 9.78 Å². The van der Waals surface area contributed by atoms with Gasteiger partial charge in [-0.15, -0.1) is 0 Å². The number of benzene rings is 1. The molecule has 0 bridgehead atoms. The van der Waals surface area contributed by atoms with E-state index in [1.807, 2.05) is 11.7 Å². The van der Waals surface area contributed by atoms with E-state index in [2.05, 4.69) is 68.6 Å². The molecule has 20 heavy (non-hydrogen) atoms. The Kier molecular flexibility index (Phi) is 4.17. The molecule has 1 N–H and O–H groups in total. The summed E-state index contributed by atoms with van der Waals surface area (Å²) in [5.74, 6) is 0. The first-order valence-electron chi connectivity index (χ1n) is 7.26. The number of aromatic nitrogens is 2. The molecule has 108 valence electrons. The van der Waals surface area contributed by atoms with Crippen LogP contribution in [0.5, 0.6) is 0 Å². The van der Waals surface area contributed by atoms with E-state index < -0.39 is 0 Å². The Morgan fingerprint density at radius 3 is 2.35 bits per heavy atom. The van der Waals surface area contributed by atoms with Gasteiger partial charge in [-0.3, -0.25) is 4.68 Å². The highest BCUT2D eigenvalue weighted by Crippen LogP contribution is 2.24. The smallest absolute Gasteiger partial charge is 0.0727 e. The van der Waals surface area contributed by atoms with E-state index in [9.17, 15) is 0 Å². The van der Waals surface area contributed by atoms with Gasteiger partial charge in [-0.2, -0.15) is 5.10 Å². The maximum Gasteiger partial charge on any atom is 0.0727 e. The van der Waals surface area contributed by atoms with Crippen LogP contribution >= 0.6 is 0 Å². The van der Waals surface area contributed by atoms with Crippen molar-refractivity contribution in [3.05, 3.63) is 47.3 Å². The summed E-state index contributed by atoms with van der Waals surface area (Å²) < 4.78 is 1.90. The molecule has 0 aliphatic heterocycles. The lowest BCUT2D eigenvalue weighted by atomic mass is 9.89. The van der Waals surface area contributed by atoms with E-state index in [4.69, 9.17) is 0 Å². The van der Waals surface area contributed by atoms with E-state index in [-0.39, 0.29) is 5.41 Å². The zero-order valence-electron chi connectivity index (χ0n) is 13.2. The highest BCUT2D eigenvalue weighted by molar-refractivity contribution is 5.45. The van der Waals surface area contributed by atoms with Gasteiger partial charge in [0.15, 0.2) is 0 Å². The molecule has 0 atom stereocenters. The number of rotatable bonds is 4. The molecule has 1 aromatic heterocycles. The van der Waals surface area contributed by atoms with Crippen molar-refractivity contribution in [2.45, 2.75) is 46.1 Å². The van der Waals surface area contributed by atoms with E-state index >= 15 is 0 Å². The number of hydrogen-bond donors (Lipinski definition) is 1. The van der Waals surface area contributed by atoms with Gasteiger partial charge in [-0.1, -0.05) is 39.8 Å². The summed E-state index contributed by atoms with van der Waals surface area (Å²) in [6.45, 7) is 9.60. The van der Waals surface area contributed by atoms with Gasteiger partial charge >= 0.3 is 0 Å². The molecule has 3 heteroatoms. The molecular weight excluding hydrogens is 246 g/mol. The summed E-state index contributed by atoms with van der Waals surface area (Å²) in [7, 11) is 1.98. The average Bonchev–Trinajstić information content (AvgIpc) is 2.78. The third kappa shape index (κ3) is 3.41. The Balaban J connectivity index is 2.10. The lowest BCUT2D eigenvalue weighted by Crippen LogP contribution is -2.16. The van der Waals surface area contributed by atoms with E-state index in [0.717, 1.165) is 24.3 Å². The highest BCUT2D eigenvalue weighted by atomic mass is 15.3. The molecule has 3 nitrogen and oxygen atoms in total. The van der Waals surface area contributed by atoms with Crippen molar-refractivity contribution < 1.29 is 0 Å². The number of aryl methyl sites for hydroxylation is 2. The zero-order valence-corrected chi connectivity index (χ0v) is 13.2. The summed E-state index contributed by atoms with van der Waals surface area (Å²) in [5.41, 5.74) is 5.03. The maximum atomic E-state index is 4.60. The van der Waals surface area contributed by atoms with Crippen LogP contribution in [0.25, 0.3) is 0 Å². The number of nitrogens with zero attached hydrogens (tertiary/aromatic N) is 2. The molecule has 0 aliphatic rings. The molecule has 0 radical (unpaired) electrons. The molecule has 0 unspecified atom stereocenters. The van der Waals surface area contributed by atoms with Crippen LogP contribution in [0, 0.1) is 0 Å². The second-order valence-corrected chi connectivity index (χ2v) is 6.33. The van der Waals surface area contributed by atoms with Crippen LogP contribution < -0.4 is 5.32 Å². The Labute approximate surface area is 122 Å². The van der Waals surface area contributed by atoms with Gasteiger partial charge < -0.3 is 5.32 Å². The molecule has 0 saturated carbocycles. The average molecular weight is 271 g/mol. The Bertz CT molecular complexity index is 559. The molecule has 0 fully saturated rings. The Morgan fingerprint density at radius 1 is 1.15 bits per heavy atom. The third-order valence-corrected chi connectivity index (χ3v) is 3.46. The fraction of sp³-hybridized carbons (Fsp3) is 0.471. The first-order chi connectivity index (χ1) is 9.40. The summed E-state index contributed by atoms with van der Waals surface area (Å²) in [4.78, 5) is 0. The van der Waals surface area contributed by atoms with E-state index in [1.54, 1.807) is 0 Å². The van der Waals surface area contributed by atoms with Gasteiger partial charge in [0.1, 0.15) is 0 Å². The first-order valence-corrected chi connectivity index (χ1v) is 7.26.